The summed E-state index contributed by atoms with van der Waals surface area (Å²) >= 11 is 1.34. The fraction of sp³-hybridized carbons (Fsp3) is 0.667. The second-order valence-corrected chi connectivity index (χ2v) is 1.43. The van der Waals surface area contributed by atoms with Crippen LogP contribution in [-0.4, -0.2) is 12.4 Å². The Morgan fingerprint density at radius 1 is 1.80 bits per heavy atom. The van der Waals surface area contributed by atoms with Crippen molar-refractivity contribution in [2.45, 2.75) is 0 Å². The summed E-state index contributed by atoms with van der Waals surface area (Å²) in [6.07, 6.45) is 3.39. The molecule has 0 spiro atoms. The largest absolute Gasteiger partial charge is 0.236 e. The average molecular weight is 90.1 g/mol. The average Bonchev–Trinajstić information content (AvgIpc) is 1.41. The van der Waals surface area contributed by atoms with Crippen LogP contribution in [0.3, 0.4) is 0 Å². The van der Waals surface area contributed by atoms with Crippen molar-refractivity contribution in [3.05, 3.63) is 6.26 Å². The van der Waals surface area contributed by atoms with Gasteiger partial charge in [0.1, 0.15) is 0 Å². The molecule has 0 saturated carbocycles. The third-order valence-electron chi connectivity index (χ3n) is 0.228. The lowest BCUT2D eigenvalue weighted by molar-refractivity contribution is 0.215. The lowest BCUT2D eigenvalue weighted by Gasteiger charge is -1.77. The van der Waals surface area contributed by atoms with Crippen LogP contribution in [0.1, 0.15) is 0 Å². The van der Waals surface area contributed by atoms with Crippen LogP contribution in [0.15, 0.2) is 0 Å². The number of rotatable bonds is 2. The third kappa shape index (κ3) is 4.31. The Morgan fingerprint density at radius 2 is 2.40 bits per heavy atom. The minimum absolute atomic E-state index is 0.00579. The second-order valence-electron chi connectivity index (χ2n) is 0.612. The molecular formula is C3H6OS. The minimum Gasteiger partial charge on any atom is -0.236 e. The molecular weight excluding hydrogens is 84.1 g/mol. The Labute approximate surface area is 36.4 Å². The summed E-state index contributed by atoms with van der Waals surface area (Å²) in [6, 6.07) is 0. The smallest absolute Gasteiger partial charge is 0.0912 e. The van der Waals surface area contributed by atoms with Crippen molar-refractivity contribution < 1.29 is 5.11 Å². The van der Waals surface area contributed by atoms with Gasteiger partial charge < -0.3 is 0 Å². The van der Waals surface area contributed by atoms with Crippen LogP contribution in [0.25, 0.3) is 0 Å². The molecule has 1 nitrogen and oxygen atoms in total. The van der Waals surface area contributed by atoms with E-state index in [-0.39, 0.29) is 6.61 Å². The van der Waals surface area contributed by atoms with Crippen molar-refractivity contribution in [3.63, 3.8) is 0 Å². The van der Waals surface area contributed by atoms with Crippen LogP contribution in [-0.2, 0) is 5.11 Å². The SMILES string of the molecule is [CH2]SCC[O]. The zero-order valence-corrected chi connectivity index (χ0v) is 3.75. The molecule has 2 heteroatoms. The Hall–Kier alpha value is 0.310. The molecule has 0 aliphatic carbocycles. The fourth-order valence-corrected chi connectivity index (χ4v) is 0.177. The van der Waals surface area contributed by atoms with E-state index in [9.17, 15) is 5.11 Å². The lowest BCUT2D eigenvalue weighted by atomic mass is 10.9. The topological polar surface area (TPSA) is 19.9 Å². The van der Waals surface area contributed by atoms with Crippen molar-refractivity contribution in [3.8, 4) is 0 Å². The first-order valence-electron chi connectivity index (χ1n) is 1.37. The van der Waals surface area contributed by atoms with Crippen LogP contribution in [0.4, 0.5) is 0 Å². The van der Waals surface area contributed by atoms with Gasteiger partial charge in [-0.15, -0.1) is 0 Å². The minimum atomic E-state index is -0.00579. The molecule has 0 atom stereocenters. The Balaban J connectivity index is 2.19. The predicted octanol–water partition coefficient (Wildman–Crippen LogP) is 0.942. The Morgan fingerprint density at radius 3 is 2.40 bits per heavy atom. The molecule has 2 radical (unpaired) electrons. The fourth-order valence-electron chi connectivity index (χ4n) is 0.0589. The zero-order valence-electron chi connectivity index (χ0n) is 2.94. The second kappa shape index (κ2) is 4.31. The Kier molecular flexibility index (Phi) is 4.58. The van der Waals surface area contributed by atoms with E-state index in [2.05, 4.69) is 6.26 Å². The van der Waals surface area contributed by atoms with Gasteiger partial charge in [-0.2, -0.15) is 11.8 Å². The summed E-state index contributed by atoms with van der Waals surface area (Å²) in [5.74, 6) is 0.639. The van der Waals surface area contributed by atoms with E-state index in [4.69, 9.17) is 0 Å². The molecule has 0 heterocycles. The van der Waals surface area contributed by atoms with Crippen molar-refractivity contribution >= 4 is 11.8 Å². The monoisotopic (exact) mass is 90.0 g/mol. The van der Waals surface area contributed by atoms with Gasteiger partial charge in [-0.05, 0) is 0 Å². The Bertz CT molecular complexity index is 14.4. The maximum atomic E-state index is 9.47. The maximum absolute atomic E-state index is 9.47. The van der Waals surface area contributed by atoms with Crippen molar-refractivity contribution in [2.75, 3.05) is 12.4 Å². The molecule has 0 fully saturated rings. The molecule has 0 rings (SSSR count). The highest BCUT2D eigenvalue weighted by Gasteiger charge is 1.71. The molecule has 0 aromatic rings. The third-order valence-corrected chi connectivity index (χ3v) is 0.683. The van der Waals surface area contributed by atoms with Gasteiger partial charge in [0.25, 0.3) is 0 Å². The highest BCUT2D eigenvalue weighted by atomic mass is 32.2. The van der Waals surface area contributed by atoms with Gasteiger partial charge in [0, 0.05) is 12.0 Å². The van der Waals surface area contributed by atoms with Crippen LogP contribution in [0.2, 0.25) is 0 Å². The summed E-state index contributed by atoms with van der Waals surface area (Å²) < 4.78 is 0. The molecule has 0 N–H and O–H groups in total. The number of hydrogen-bond acceptors (Lipinski definition) is 1. The summed E-state index contributed by atoms with van der Waals surface area (Å²) in [5, 5.41) is 9.47. The van der Waals surface area contributed by atoms with E-state index in [1.165, 1.54) is 11.8 Å². The van der Waals surface area contributed by atoms with E-state index in [0.717, 1.165) is 0 Å². The molecule has 30 valence electrons. The van der Waals surface area contributed by atoms with Gasteiger partial charge in [-0.3, -0.25) is 0 Å². The van der Waals surface area contributed by atoms with Crippen LogP contribution in [0, 0.1) is 6.26 Å². The van der Waals surface area contributed by atoms with Gasteiger partial charge in [0.15, 0.2) is 0 Å². The molecule has 5 heavy (non-hydrogen) atoms. The molecule has 0 amide bonds. The first-order valence-corrected chi connectivity index (χ1v) is 2.52. The van der Waals surface area contributed by atoms with Gasteiger partial charge in [-0.1, -0.05) is 0 Å². The standard InChI is InChI=1S/C3H6OS/c1-5-3-2-4/h1-3H2. The van der Waals surface area contributed by atoms with Gasteiger partial charge in [-0.25, -0.2) is 5.11 Å². The van der Waals surface area contributed by atoms with Crippen molar-refractivity contribution in [1.29, 1.82) is 0 Å². The predicted molar refractivity (Wildman–Crippen MR) is 23.4 cm³/mol. The zero-order chi connectivity index (χ0) is 4.12. The first-order chi connectivity index (χ1) is 2.41. The molecule has 0 aromatic carbocycles. The van der Waals surface area contributed by atoms with Crippen LogP contribution >= 0.6 is 11.8 Å². The van der Waals surface area contributed by atoms with E-state index in [1.807, 2.05) is 0 Å². The quantitative estimate of drug-likeness (QED) is 0.494. The molecule has 0 bridgehead atoms. The van der Waals surface area contributed by atoms with Gasteiger partial charge in [0.05, 0.1) is 6.61 Å². The van der Waals surface area contributed by atoms with E-state index < -0.39 is 0 Å². The van der Waals surface area contributed by atoms with E-state index in [0.29, 0.717) is 5.75 Å². The first kappa shape index (κ1) is 5.31. The van der Waals surface area contributed by atoms with Gasteiger partial charge >= 0.3 is 0 Å². The van der Waals surface area contributed by atoms with Crippen LogP contribution in [0.5, 0.6) is 0 Å². The molecule has 0 aliphatic heterocycles. The summed E-state index contributed by atoms with van der Waals surface area (Å²) in [5.41, 5.74) is 0. The van der Waals surface area contributed by atoms with Crippen molar-refractivity contribution in [1.82, 2.24) is 0 Å². The van der Waals surface area contributed by atoms with Crippen molar-refractivity contribution in [2.24, 2.45) is 0 Å². The molecule has 0 aromatic heterocycles. The normalized spacial score (nSPS) is 8.40. The van der Waals surface area contributed by atoms with E-state index >= 15 is 0 Å². The lowest BCUT2D eigenvalue weighted by Crippen LogP contribution is -1.77. The summed E-state index contributed by atoms with van der Waals surface area (Å²) in [6.45, 7) is -0.00579. The molecule has 0 aliphatic rings. The summed E-state index contributed by atoms with van der Waals surface area (Å²) in [4.78, 5) is 0. The number of hydrogen-bond donors (Lipinski definition) is 0. The highest BCUT2D eigenvalue weighted by molar-refractivity contribution is 8.00. The van der Waals surface area contributed by atoms with Crippen LogP contribution < -0.4 is 0 Å². The summed E-state index contributed by atoms with van der Waals surface area (Å²) in [7, 11) is 0. The number of thioether (sulfide) groups is 1. The molecule has 0 saturated heterocycles. The molecule has 0 unspecified atom stereocenters. The van der Waals surface area contributed by atoms with Gasteiger partial charge in [0.2, 0.25) is 0 Å². The highest BCUT2D eigenvalue weighted by Crippen LogP contribution is 1.89. The maximum Gasteiger partial charge on any atom is 0.0912 e. The van der Waals surface area contributed by atoms with E-state index in [1.54, 1.807) is 0 Å².